The van der Waals surface area contributed by atoms with Gasteiger partial charge in [-0.3, -0.25) is 4.79 Å². The predicted molar refractivity (Wildman–Crippen MR) is 106 cm³/mol. The molecule has 0 N–H and O–H groups in total. The zero-order chi connectivity index (χ0) is 19.5. The molecule has 1 aliphatic rings. The first kappa shape index (κ1) is 18.3. The van der Waals surface area contributed by atoms with Crippen molar-refractivity contribution < 1.29 is 9.21 Å². The Morgan fingerprint density at radius 1 is 1.11 bits per heavy atom. The van der Waals surface area contributed by atoms with Crippen molar-refractivity contribution in [1.29, 1.82) is 0 Å². The van der Waals surface area contributed by atoms with Crippen LogP contribution < -0.4 is 0 Å². The van der Waals surface area contributed by atoms with Gasteiger partial charge in [-0.25, -0.2) is 15.0 Å². The number of benzene rings is 1. The Labute approximate surface area is 164 Å². The predicted octanol–water partition coefficient (Wildman–Crippen LogP) is 3.70. The topological polar surface area (TPSA) is 72.1 Å². The zero-order valence-corrected chi connectivity index (χ0v) is 16.3. The maximum atomic E-state index is 12.8. The van der Waals surface area contributed by atoms with Crippen molar-refractivity contribution in [2.75, 3.05) is 13.1 Å². The fraction of sp³-hybridized carbons (Fsp3) is 0.364. The van der Waals surface area contributed by atoms with Crippen LogP contribution in [0.15, 0.2) is 47.0 Å². The number of piperidine rings is 1. The number of hydrogen-bond acceptors (Lipinski definition) is 5. The lowest BCUT2D eigenvalue weighted by Crippen LogP contribution is -2.39. The molecule has 1 saturated heterocycles. The van der Waals surface area contributed by atoms with E-state index in [1.807, 2.05) is 61.3 Å². The van der Waals surface area contributed by atoms with Crippen molar-refractivity contribution in [2.45, 2.75) is 39.0 Å². The normalized spacial score (nSPS) is 15.0. The van der Waals surface area contributed by atoms with E-state index in [-0.39, 0.29) is 12.3 Å². The highest BCUT2D eigenvalue weighted by molar-refractivity contribution is 5.78. The number of aromatic nitrogens is 3. The van der Waals surface area contributed by atoms with E-state index in [9.17, 15) is 4.79 Å². The van der Waals surface area contributed by atoms with E-state index in [2.05, 4.69) is 15.0 Å². The van der Waals surface area contributed by atoms with Gasteiger partial charge in [0.25, 0.3) is 0 Å². The van der Waals surface area contributed by atoms with Gasteiger partial charge in [-0.2, -0.15) is 0 Å². The number of hydrogen-bond donors (Lipinski definition) is 0. The third kappa shape index (κ3) is 3.96. The van der Waals surface area contributed by atoms with Gasteiger partial charge in [0.15, 0.2) is 0 Å². The minimum atomic E-state index is 0.105. The summed E-state index contributed by atoms with van der Waals surface area (Å²) in [6.45, 7) is 5.27. The minimum absolute atomic E-state index is 0.105. The second-order valence-corrected chi connectivity index (χ2v) is 7.25. The smallest absolute Gasteiger partial charge is 0.228 e. The summed E-state index contributed by atoms with van der Waals surface area (Å²) in [6, 6.07) is 11.7. The SMILES string of the molecule is Cc1nccc(C2CCN(C(=O)Cc3nc(-c4ccccc4)oc3C)CC2)n1. The number of nitrogens with zero attached hydrogens (tertiary/aromatic N) is 4. The number of likely N-dealkylation sites (tertiary alicyclic amines) is 1. The van der Waals surface area contributed by atoms with E-state index in [1.165, 1.54) is 0 Å². The standard InChI is InChI=1S/C22H24N4O2/c1-15-20(25-22(28-15)18-6-4-3-5-7-18)14-21(27)26-12-9-17(10-13-26)19-8-11-23-16(2)24-19/h3-8,11,17H,9-10,12-14H2,1-2H3. The molecule has 4 rings (SSSR count). The number of rotatable bonds is 4. The molecule has 0 bridgehead atoms. The van der Waals surface area contributed by atoms with Gasteiger partial charge in [0.2, 0.25) is 11.8 Å². The third-order valence-corrected chi connectivity index (χ3v) is 5.30. The Balaban J connectivity index is 1.38. The fourth-order valence-corrected chi connectivity index (χ4v) is 3.68. The Kier molecular flexibility index (Phi) is 5.19. The summed E-state index contributed by atoms with van der Waals surface area (Å²) in [6.07, 6.45) is 3.94. The summed E-state index contributed by atoms with van der Waals surface area (Å²) in [5.41, 5.74) is 2.72. The van der Waals surface area contributed by atoms with Crippen LogP contribution in [0.1, 0.15) is 41.7 Å². The van der Waals surface area contributed by atoms with E-state index in [1.54, 1.807) is 0 Å². The van der Waals surface area contributed by atoms with Crippen LogP contribution in [0, 0.1) is 13.8 Å². The van der Waals surface area contributed by atoms with Gasteiger partial charge in [-0.05, 0) is 44.9 Å². The maximum absolute atomic E-state index is 12.8. The molecule has 0 unspecified atom stereocenters. The molecule has 28 heavy (non-hydrogen) atoms. The average Bonchev–Trinajstić information content (AvgIpc) is 3.09. The lowest BCUT2D eigenvalue weighted by atomic mass is 9.93. The summed E-state index contributed by atoms with van der Waals surface area (Å²) < 4.78 is 5.78. The summed E-state index contributed by atoms with van der Waals surface area (Å²) in [4.78, 5) is 28.0. The van der Waals surface area contributed by atoms with Crippen LogP contribution in [0.5, 0.6) is 0 Å². The summed E-state index contributed by atoms with van der Waals surface area (Å²) in [5, 5.41) is 0. The molecule has 1 fully saturated rings. The van der Waals surface area contributed by atoms with Crippen molar-refractivity contribution in [3.8, 4) is 11.5 Å². The molecular formula is C22H24N4O2. The monoisotopic (exact) mass is 376 g/mol. The van der Waals surface area contributed by atoms with Crippen LogP contribution >= 0.6 is 0 Å². The average molecular weight is 376 g/mol. The molecule has 0 aliphatic carbocycles. The van der Waals surface area contributed by atoms with Crippen molar-refractivity contribution in [3.63, 3.8) is 0 Å². The van der Waals surface area contributed by atoms with Crippen molar-refractivity contribution in [1.82, 2.24) is 19.9 Å². The second-order valence-electron chi connectivity index (χ2n) is 7.25. The second kappa shape index (κ2) is 7.92. The molecule has 0 atom stereocenters. The maximum Gasteiger partial charge on any atom is 0.228 e. The third-order valence-electron chi connectivity index (χ3n) is 5.30. The molecule has 1 aromatic carbocycles. The molecule has 2 aromatic heterocycles. The number of oxazole rings is 1. The zero-order valence-electron chi connectivity index (χ0n) is 16.3. The van der Waals surface area contributed by atoms with E-state index in [4.69, 9.17) is 4.42 Å². The summed E-state index contributed by atoms with van der Waals surface area (Å²) >= 11 is 0. The van der Waals surface area contributed by atoms with Gasteiger partial charge in [-0.1, -0.05) is 18.2 Å². The molecule has 3 heterocycles. The molecule has 0 radical (unpaired) electrons. The molecule has 6 nitrogen and oxygen atoms in total. The van der Waals surface area contributed by atoms with Crippen molar-refractivity contribution in [2.24, 2.45) is 0 Å². The summed E-state index contributed by atoms with van der Waals surface area (Å²) in [7, 11) is 0. The van der Waals surface area contributed by atoms with Gasteiger partial charge >= 0.3 is 0 Å². The number of carbonyl (C=O) groups is 1. The quantitative estimate of drug-likeness (QED) is 0.694. The number of aryl methyl sites for hydroxylation is 2. The van der Waals surface area contributed by atoms with Crippen molar-refractivity contribution in [3.05, 3.63) is 65.6 Å². The van der Waals surface area contributed by atoms with Crippen LogP contribution in [-0.4, -0.2) is 38.8 Å². The highest BCUT2D eigenvalue weighted by Crippen LogP contribution is 2.27. The molecule has 144 valence electrons. The van der Waals surface area contributed by atoms with E-state index in [0.29, 0.717) is 17.6 Å². The minimum Gasteiger partial charge on any atom is -0.441 e. The first-order valence-electron chi connectivity index (χ1n) is 9.69. The van der Waals surface area contributed by atoms with Crippen LogP contribution in [0.2, 0.25) is 0 Å². The Morgan fingerprint density at radius 2 is 1.86 bits per heavy atom. The van der Waals surface area contributed by atoms with Crippen LogP contribution in [0.4, 0.5) is 0 Å². The molecule has 0 saturated carbocycles. The van der Waals surface area contributed by atoms with Crippen LogP contribution in [0.25, 0.3) is 11.5 Å². The highest BCUT2D eigenvalue weighted by Gasteiger charge is 2.26. The van der Waals surface area contributed by atoms with Crippen molar-refractivity contribution >= 4 is 5.91 Å². The van der Waals surface area contributed by atoms with Crippen LogP contribution in [0.3, 0.4) is 0 Å². The number of carbonyl (C=O) groups excluding carboxylic acids is 1. The van der Waals surface area contributed by atoms with Crippen LogP contribution in [-0.2, 0) is 11.2 Å². The molecule has 1 amide bonds. The lowest BCUT2D eigenvalue weighted by molar-refractivity contribution is -0.131. The Hall–Kier alpha value is -3.02. The molecular weight excluding hydrogens is 352 g/mol. The molecule has 0 spiro atoms. The van der Waals surface area contributed by atoms with Gasteiger partial charge < -0.3 is 9.32 Å². The van der Waals surface area contributed by atoms with Gasteiger partial charge in [0.05, 0.1) is 12.1 Å². The van der Waals surface area contributed by atoms with Gasteiger partial charge in [0, 0.05) is 36.5 Å². The van der Waals surface area contributed by atoms with E-state index >= 15 is 0 Å². The lowest BCUT2D eigenvalue weighted by Gasteiger charge is -2.31. The molecule has 3 aromatic rings. The van der Waals surface area contributed by atoms with Gasteiger partial charge in [-0.15, -0.1) is 0 Å². The first-order valence-corrected chi connectivity index (χ1v) is 9.69. The Bertz CT molecular complexity index is 960. The Morgan fingerprint density at radius 3 is 2.57 bits per heavy atom. The number of amides is 1. The summed E-state index contributed by atoms with van der Waals surface area (Å²) in [5.74, 6) is 2.57. The van der Waals surface area contributed by atoms with E-state index < -0.39 is 0 Å². The highest BCUT2D eigenvalue weighted by atomic mass is 16.4. The largest absolute Gasteiger partial charge is 0.441 e. The van der Waals surface area contributed by atoms with Gasteiger partial charge in [0.1, 0.15) is 11.6 Å². The first-order chi connectivity index (χ1) is 13.6. The fourth-order valence-electron chi connectivity index (χ4n) is 3.68. The molecule has 6 heteroatoms. The molecule has 1 aliphatic heterocycles. The van der Waals surface area contributed by atoms with E-state index in [0.717, 1.165) is 48.7 Å².